The number of alkyl halides is 1. The molecule has 0 radical (unpaired) electrons. The molecule has 0 aromatic carbocycles. The van der Waals surface area contributed by atoms with E-state index in [1.807, 2.05) is 13.8 Å². The van der Waals surface area contributed by atoms with Gasteiger partial charge in [-0.3, -0.25) is 4.57 Å². The van der Waals surface area contributed by atoms with Gasteiger partial charge in [0.2, 0.25) is 0 Å². The number of rotatable bonds is 10. The molecule has 0 fully saturated rings. The fourth-order valence-corrected chi connectivity index (χ4v) is 9.53. The largest absolute Gasteiger partial charge is 0.343 e. The molecule has 0 aromatic rings. The van der Waals surface area contributed by atoms with Crippen LogP contribution in [0.15, 0.2) is 0 Å². The van der Waals surface area contributed by atoms with Crippen molar-refractivity contribution in [1.82, 2.24) is 0 Å². The van der Waals surface area contributed by atoms with Crippen molar-refractivity contribution in [2.24, 2.45) is 0 Å². The van der Waals surface area contributed by atoms with Gasteiger partial charge in [-0.2, -0.15) is 0 Å². The van der Waals surface area contributed by atoms with Crippen molar-refractivity contribution < 1.29 is 13.6 Å². The Labute approximate surface area is 133 Å². The first-order valence-corrected chi connectivity index (χ1v) is 13.4. The van der Waals surface area contributed by atoms with Crippen molar-refractivity contribution in [1.29, 1.82) is 0 Å². The lowest BCUT2D eigenvalue weighted by molar-refractivity contribution is 0.214. The van der Waals surface area contributed by atoms with Crippen LogP contribution in [0, 0.1) is 0 Å². The van der Waals surface area contributed by atoms with Gasteiger partial charge in [0, 0.05) is 0 Å². The SMILES string of the molecule is CCCCCC(I)([Si](C)(C)C)P(=O)(OCC)OCC. The molecule has 1 atom stereocenters. The molecule has 116 valence electrons. The average Bonchev–Trinajstić information content (AvgIpc) is 2.28. The molecule has 0 heterocycles. The van der Waals surface area contributed by atoms with Gasteiger partial charge in [0.05, 0.1) is 21.3 Å². The predicted molar refractivity (Wildman–Crippen MR) is 95.1 cm³/mol. The molecule has 0 amide bonds. The molecule has 19 heavy (non-hydrogen) atoms. The van der Waals surface area contributed by atoms with Gasteiger partial charge in [-0.05, 0) is 20.3 Å². The van der Waals surface area contributed by atoms with Gasteiger partial charge < -0.3 is 9.05 Å². The summed E-state index contributed by atoms with van der Waals surface area (Å²) in [5, 5.41) is 0. The Morgan fingerprint density at radius 3 is 1.84 bits per heavy atom. The smallest absolute Gasteiger partial charge is 0.308 e. The maximum Gasteiger partial charge on any atom is 0.343 e. The Morgan fingerprint density at radius 1 is 1.05 bits per heavy atom. The zero-order valence-electron chi connectivity index (χ0n) is 13.3. The summed E-state index contributed by atoms with van der Waals surface area (Å²) in [6, 6.07) is 0. The minimum absolute atomic E-state index is 0.334. The molecule has 6 heteroatoms. The first kappa shape index (κ1) is 20.1. The molecule has 0 aliphatic carbocycles. The molecule has 0 saturated carbocycles. The molecule has 0 aromatic heterocycles. The standard InChI is InChI=1S/C13H30IO3PSi/c1-7-10-11-12-13(14,19(4,5)6)18(15,16-8-2)17-9-3/h7-12H2,1-6H3. The second kappa shape index (κ2) is 8.52. The lowest BCUT2D eigenvalue weighted by Crippen LogP contribution is -2.47. The second-order valence-corrected chi connectivity index (χ2v) is 17.6. The van der Waals surface area contributed by atoms with Crippen LogP contribution in [-0.4, -0.2) is 24.1 Å². The Bertz CT molecular complexity index is 297. The highest BCUT2D eigenvalue weighted by molar-refractivity contribution is 14.1. The molecule has 1 unspecified atom stereocenters. The van der Waals surface area contributed by atoms with Gasteiger partial charge in [-0.15, -0.1) is 0 Å². The van der Waals surface area contributed by atoms with Crippen LogP contribution in [0.5, 0.6) is 0 Å². The highest BCUT2D eigenvalue weighted by Gasteiger charge is 2.56. The summed E-state index contributed by atoms with van der Waals surface area (Å²) in [5.41, 5.74) is 0. The van der Waals surface area contributed by atoms with Gasteiger partial charge >= 0.3 is 7.60 Å². The summed E-state index contributed by atoms with van der Waals surface area (Å²) >= 11 is 2.40. The van der Waals surface area contributed by atoms with E-state index in [9.17, 15) is 4.57 Å². The summed E-state index contributed by atoms with van der Waals surface area (Å²) in [7, 11) is -4.75. The molecule has 0 aliphatic rings. The highest BCUT2D eigenvalue weighted by atomic mass is 127. The highest BCUT2D eigenvalue weighted by Crippen LogP contribution is 2.68. The van der Waals surface area contributed by atoms with E-state index in [1.165, 1.54) is 12.8 Å². The molecule has 3 nitrogen and oxygen atoms in total. The van der Waals surface area contributed by atoms with Gasteiger partial charge in [-0.25, -0.2) is 0 Å². The fourth-order valence-electron chi connectivity index (χ4n) is 2.11. The van der Waals surface area contributed by atoms with Gasteiger partial charge in [0.25, 0.3) is 0 Å². The second-order valence-electron chi connectivity index (χ2n) is 5.80. The molecule has 0 N–H and O–H groups in total. The van der Waals surface area contributed by atoms with Crippen LogP contribution in [0.2, 0.25) is 19.6 Å². The van der Waals surface area contributed by atoms with Crippen LogP contribution in [0.25, 0.3) is 0 Å². The van der Waals surface area contributed by atoms with Crippen molar-refractivity contribution in [3.63, 3.8) is 0 Å². The van der Waals surface area contributed by atoms with E-state index >= 15 is 0 Å². The Kier molecular flexibility index (Phi) is 9.01. The third-order valence-corrected chi connectivity index (χ3v) is 18.1. The Morgan fingerprint density at radius 2 is 1.53 bits per heavy atom. The Hall–Kier alpha value is 1.10. The first-order chi connectivity index (χ1) is 8.68. The van der Waals surface area contributed by atoms with E-state index in [-0.39, 0.29) is 2.79 Å². The number of unbranched alkanes of at least 4 members (excludes halogenated alkanes) is 2. The van der Waals surface area contributed by atoms with Crippen LogP contribution in [0.1, 0.15) is 46.5 Å². The third-order valence-electron chi connectivity index (χ3n) is 3.29. The minimum Gasteiger partial charge on any atom is -0.308 e. The third kappa shape index (κ3) is 5.10. The van der Waals surface area contributed by atoms with Crippen LogP contribution in [0.3, 0.4) is 0 Å². The van der Waals surface area contributed by atoms with Crippen molar-refractivity contribution in [3.8, 4) is 0 Å². The number of halogens is 1. The zero-order chi connectivity index (χ0) is 15.2. The fraction of sp³-hybridized carbons (Fsp3) is 1.00. The van der Waals surface area contributed by atoms with E-state index in [1.54, 1.807) is 0 Å². The molecule has 0 bridgehead atoms. The van der Waals surface area contributed by atoms with Crippen LogP contribution in [0.4, 0.5) is 0 Å². The van der Waals surface area contributed by atoms with Gasteiger partial charge in [0.15, 0.2) is 0 Å². The quantitative estimate of drug-likeness (QED) is 0.146. The molecular weight excluding hydrogens is 390 g/mol. The van der Waals surface area contributed by atoms with Crippen LogP contribution < -0.4 is 0 Å². The lowest BCUT2D eigenvalue weighted by Gasteiger charge is -2.42. The molecule has 0 saturated heterocycles. The van der Waals surface area contributed by atoms with E-state index in [0.717, 1.165) is 12.8 Å². The maximum absolute atomic E-state index is 13.3. The minimum atomic E-state index is -3.05. The zero-order valence-corrected chi connectivity index (χ0v) is 17.3. The predicted octanol–water partition coefficient (Wildman–Crippen LogP) is 5.84. The summed E-state index contributed by atoms with van der Waals surface area (Å²) in [6.45, 7) is 13.6. The van der Waals surface area contributed by atoms with E-state index in [0.29, 0.717) is 13.2 Å². The normalized spacial score (nSPS) is 16.4. The Balaban J connectivity index is 5.35. The summed E-state index contributed by atoms with van der Waals surface area (Å²) in [4.78, 5) is 0. The monoisotopic (exact) mass is 420 g/mol. The van der Waals surface area contributed by atoms with E-state index < -0.39 is 15.7 Å². The topological polar surface area (TPSA) is 35.5 Å². The lowest BCUT2D eigenvalue weighted by atomic mass is 10.2. The maximum atomic E-state index is 13.3. The van der Waals surface area contributed by atoms with Gasteiger partial charge in [-0.1, -0.05) is 68.4 Å². The summed E-state index contributed by atoms with van der Waals surface area (Å²) in [5.74, 6) is 0. The van der Waals surface area contributed by atoms with Crippen molar-refractivity contribution in [2.75, 3.05) is 13.2 Å². The number of hydrogen-bond donors (Lipinski definition) is 0. The van der Waals surface area contributed by atoms with Crippen molar-refractivity contribution in [2.45, 2.75) is 68.9 Å². The van der Waals surface area contributed by atoms with E-state index in [4.69, 9.17) is 9.05 Å². The molecule has 0 spiro atoms. The molecule has 0 rings (SSSR count). The molecule has 0 aliphatic heterocycles. The molecular formula is C13H30IO3PSi. The van der Waals surface area contributed by atoms with Gasteiger partial charge in [0.1, 0.15) is 2.79 Å². The van der Waals surface area contributed by atoms with Crippen LogP contribution >= 0.6 is 30.2 Å². The summed E-state index contributed by atoms with van der Waals surface area (Å²) < 4.78 is 24.2. The van der Waals surface area contributed by atoms with Crippen molar-refractivity contribution in [3.05, 3.63) is 0 Å². The van der Waals surface area contributed by atoms with E-state index in [2.05, 4.69) is 49.2 Å². The first-order valence-electron chi connectivity index (χ1n) is 7.26. The summed E-state index contributed by atoms with van der Waals surface area (Å²) in [6.07, 6.45) is 4.36. The average molecular weight is 420 g/mol. The number of hydrogen-bond acceptors (Lipinski definition) is 3. The van der Waals surface area contributed by atoms with Crippen molar-refractivity contribution >= 4 is 38.3 Å². The van der Waals surface area contributed by atoms with Crippen LogP contribution in [-0.2, 0) is 13.6 Å².